The van der Waals surface area contributed by atoms with E-state index >= 15 is 0 Å². The first-order valence-electron chi connectivity index (χ1n) is 13.0. The molecule has 204 valence electrons. The number of aromatic nitrogens is 3. The van der Waals surface area contributed by atoms with Crippen molar-refractivity contribution in [3.63, 3.8) is 0 Å². The number of thioether (sulfide) groups is 1. The largest absolute Gasteiger partial charge is 0.392 e. The first-order valence-corrected chi connectivity index (χ1v) is 14.0. The van der Waals surface area contributed by atoms with Gasteiger partial charge in [0.15, 0.2) is 11.4 Å². The number of imide groups is 1. The number of nitrogens with one attached hydrogen (secondary N) is 1. The van der Waals surface area contributed by atoms with Gasteiger partial charge in [-0.15, -0.1) is 0 Å². The molecule has 3 aromatic carbocycles. The van der Waals surface area contributed by atoms with E-state index in [9.17, 15) is 14.7 Å². The second kappa shape index (κ2) is 11.3. The third-order valence-electron chi connectivity index (χ3n) is 7.37. The summed E-state index contributed by atoms with van der Waals surface area (Å²) < 4.78 is 13.0. The number of H-pyrrole nitrogens is 1. The Balaban J connectivity index is 1.20. The van der Waals surface area contributed by atoms with Gasteiger partial charge in [0.25, 0.3) is 11.8 Å². The molecule has 1 fully saturated rings. The maximum absolute atomic E-state index is 12.8. The van der Waals surface area contributed by atoms with Crippen LogP contribution in [-0.2, 0) is 22.6 Å². The van der Waals surface area contributed by atoms with Crippen molar-refractivity contribution < 1.29 is 24.2 Å². The van der Waals surface area contributed by atoms with Crippen molar-refractivity contribution in [2.45, 2.75) is 43.7 Å². The number of aliphatic hydroxyl groups is 1. The standard InChI is InChI=1S/C30H28N4O5S/c1-18-25(16-40-30-31-17-32-33-30)38-29(39-26(18)21-10-8-20(15-35)9-11-21)22-12-6-19(7-13-22)14-34-27(36)23-4-2-3-5-24(23)28(34)37/h2-13,17-18,25-26,29,35H,14-16H2,1H3,(H,31,32,33)/t18-,25+,26+,29+/m1/s1. The molecule has 2 aliphatic heterocycles. The normalized spacial score (nSPS) is 22.5. The van der Waals surface area contributed by atoms with Crippen molar-refractivity contribution in [2.75, 3.05) is 5.75 Å². The Morgan fingerprint density at radius 3 is 2.17 bits per heavy atom. The second-order valence-electron chi connectivity index (χ2n) is 9.91. The fourth-order valence-electron chi connectivity index (χ4n) is 5.08. The first-order chi connectivity index (χ1) is 19.5. The van der Waals surface area contributed by atoms with Crippen molar-refractivity contribution in [3.05, 3.63) is 113 Å². The molecular weight excluding hydrogens is 528 g/mol. The van der Waals surface area contributed by atoms with Crippen LogP contribution >= 0.6 is 11.8 Å². The quantitative estimate of drug-likeness (QED) is 0.237. The van der Waals surface area contributed by atoms with Gasteiger partial charge in [-0.2, -0.15) is 5.10 Å². The van der Waals surface area contributed by atoms with Gasteiger partial charge in [-0.25, -0.2) is 4.98 Å². The van der Waals surface area contributed by atoms with Gasteiger partial charge in [0.2, 0.25) is 0 Å². The van der Waals surface area contributed by atoms with Crippen LogP contribution < -0.4 is 0 Å². The summed E-state index contributed by atoms with van der Waals surface area (Å²) in [6.45, 7) is 2.28. The van der Waals surface area contributed by atoms with E-state index in [0.717, 1.165) is 27.4 Å². The van der Waals surface area contributed by atoms with Crippen molar-refractivity contribution in [1.29, 1.82) is 0 Å². The molecule has 6 rings (SSSR count). The minimum atomic E-state index is -0.618. The Bertz CT molecular complexity index is 1460. The van der Waals surface area contributed by atoms with E-state index < -0.39 is 6.29 Å². The number of aliphatic hydroxyl groups excluding tert-OH is 1. The maximum atomic E-state index is 12.8. The molecule has 0 spiro atoms. The molecule has 0 aliphatic carbocycles. The molecule has 0 saturated carbocycles. The van der Waals surface area contributed by atoms with Crippen LogP contribution in [0.15, 0.2) is 84.3 Å². The summed E-state index contributed by atoms with van der Waals surface area (Å²) in [7, 11) is 0. The number of rotatable bonds is 8. The Labute approximate surface area is 235 Å². The Hall–Kier alpha value is -3.83. The molecule has 1 aromatic heterocycles. The van der Waals surface area contributed by atoms with Gasteiger partial charge < -0.3 is 14.6 Å². The zero-order chi connectivity index (χ0) is 27.6. The second-order valence-corrected chi connectivity index (χ2v) is 10.9. The van der Waals surface area contributed by atoms with Crippen molar-refractivity contribution in [3.8, 4) is 0 Å². The smallest absolute Gasteiger partial charge is 0.261 e. The molecule has 2 aliphatic rings. The van der Waals surface area contributed by atoms with Gasteiger partial charge >= 0.3 is 0 Å². The van der Waals surface area contributed by atoms with Gasteiger partial charge in [-0.1, -0.05) is 79.3 Å². The molecule has 40 heavy (non-hydrogen) atoms. The lowest BCUT2D eigenvalue weighted by Gasteiger charge is -2.41. The van der Waals surface area contributed by atoms with Gasteiger partial charge in [0.1, 0.15) is 6.33 Å². The van der Waals surface area contributed by atoms with Crippen molar-refractivity contribution in [1.82, 2.24) is 20.1 Å². The average molecular weight is 557 g/mol. The number of aromatic amines is 1. The SMILES string of the molecule is C[C@@H]1[C@H](CSc2ncn[nH]2)O[C@H](c2ccc(CN3C(=O)c4ccccc4C3=O)cc2)O[C@@H]1c1ccc(CO)cc1. The number of fused-ring (bicyclic) bond motifs is 1. The number of carbonyl (C=O) groups is 2. The van der Waals surface area contributed by atoms with E-state index in [0.29, 0.717) is 16.9 Å². The summed E-state index contributed by atoms with van der Waals surface area (Å²) in [5.41, 5.74) is 4.39. The number of ether oxygens (including phenoxy) is 2. The Morgan fingerprint density at radius 2 is 1.55 bits per heavy atom. The number of hydrogen-bond acceptors (Lipinski definition) is 8. The van der Waals surface area contributed by atoms with E-state index in [-0.39, 0.29) is 43.1 Å². The van der Waals surface area contributed by atoms with Gasteiger partial charge in [0.05, 0.1) is 36.5 Å². The third kappa shape index (κ3) is 5.18. The predicted molar refractivity (Wildman–Crippen MR) is 147 cm³/mol. The highest BCUT2D eigenvalue weighted by molar-refractivity contribution is 7.99. The molecule has 4 atom stereocenters. The number of carbonyl (C=O) groups excluding carboxylic acids is 2. The van der Waals surface area contributed by atoms with Crippen LogP contribution in [0.1, 0.15) is 62.3 Å². The van der Waals surface area contributed by atoms with Crippen LogP contribution in [0.4, 0.5) is 0 Å². The lowest BCUT2D eigenvalue weighted by molar-refractivity contribution is -0.268. The number of nitrogens with zero attached hydrogens (tertiary/aromatic N) is 3. The zero-order valence-corrected chi connectivity index (χ0v) is 22.6. The average Bonchev–Trinajstić information content (AvgIpc) is 3.60. The van der Waals surface area contributed by atoms with Crippen LogP contribution in [0.2, 0.25) is 0 Å². The first kappa shape index (κ1) is 26.4. The maximum Gasteiger partial charge on any atom is 0.261 e. The molecule has 0 bridgehead atoms. The van der Waals surface area contributed by atoms with Gasteiger partial charge in [0, 0.05) is 17.2 Å². The molecule has 9 nitrogen and oxygen atoms in total. The Kier molecular flexibility index (Phi) is 7.48. The minimum Gasteiger partial charge on any atom is -0.392 e. The fraction of sp³-hybridized carbons (Fsp3) is 0.267. The van der Waals surface area contributed by atoms with Crippen LogP contribution in [0.5, 0.6) is 0 Å². The third-order valence-corrected chi connectivity index (χ3v) is 8.34. The van der Waals surface area contributed by atoms with Gasteiger partial charge in [-0.05, 0) is 28.8 Å². The highest BCUT2D eigenvalue weighted by atomic mass is 32.2. The summed E-state index contributed by atoms with van der Waals surface area (Å²) in [4.78, 5) is 31.1. The van der Waals surface area contributed by atoms with E-state index in [1.54, 1.807) is 36.0 Å². The molecule has 10 heteroatoms. The number of benzene rings is 3. The van der Waals surface area contributed by atoms with Crippen LogP contribution in [0, 0.1) is 5.92 Å². The fourth-order valence-corrected chi connectivity index (χ4v) is 6.02. The molecule has 2 amide bonds. The van der Waals surface area contributed by atoms with Crippen molar-refractivity contribution in [2.24, 2.45) is 5.92 Å². The van der Waals surface area contributed by atoms with Crippen LogP contribution in [0.3, 0.4) is 0 Å². The number of hydrogen-bond donors (Lipinski definition) is 2. The summed E-state index contributed by atoms with van der Waals surface area (Å²) >= 11 is 1.54. The molecule has 0 unspecified atom stereocenters. The highest BCUT2D eigenvalue weighted by Crippen LogP contribution is 2.43. The number of amides is 2. The monoisotopic (exact) mass is 556 g/mol. The molecule has 0 radical (unpaired) electrons. The van der Waals surface area contributed by atoms with Gasteiger partial charge in [-0.3, -0.25) is 19.6 Å². The molecule has 1 saturated heterocycles. The molecule has 4 aromatic rings. The summed E-state index contributed by atoms with van der Waals surface area (Å²) in [5.74, 6) is 0.137. The van der Waals surface area contributed by atoms with Crippen molar-refractivity contribution >= 4 is 23.6 Å². The zero-order valence-electron chi connectivity index (χ0n) is 21.8. The van der Waals surface area contributed by atoms with Crippen LogP contribution in [0.25, 0.3) is 0 Å². The lowest BCUT2D eigenvalue weighted by atomic mass is 9.91. The topological polar surface area (TPSA) is 118 Å². The van der Waals surface area contributed by atoms with E-state index in [1.165, 1.54) is 11.2 Å². The lowest BCUT2D eigenvalue weighted by Crippen LogP contribution is -2.38. The van der Waals surface area contributed by atoms with E-state index in [1.807, 2.05) is 48.5 Å². The predicted octanol–water partition coefficient (Wildman–Crippen LogP) is 4.68. The summed E-state index contributed by atoms with van der Waals surface area (Å²) in [6.07, 6.45) is 0.487. The minimum absolute atomic E-state index is 0.0173. The molecule has 2 N–H and O–H groups in total. The Morgan fingerprint density at radius 1 is 0.900 bits per heavy atom. The summed E-state index contributed by atoms with van der Waals surface area (Å²) in [5, 5.41) is 17.0. The molecular formula is C30H28N4O5S. The highest BCUT2D eigenvalue weighted by Gasteiger charge is 2.39. The van der Waals surface area contributed by atoms with E-state index in [2.05, 4.69) is 22.1 Å². The van der Waals surface area contributed by atoms with Crippen LogP contribution in [-0.4, -0.2) is 48.9 Å². The summed E-state index contributed by atoms with van der Waals surface area (Å²) in [6, 6.07) is 22.3. The van der Waals surface area contributed by atoms with E-state index in [4.69, 9.17) is 9.47 Å². The molecule has 3 heterocycles.